The van der Waals surface area contributed by atoms with Gasteiger partial charge in [-0.05, 0) is 30.4 Å². The van der Waals surface area contributed by atoms with Gasteiger partial charge in [0.1, 0.15) is 11.6 Å². The Morgan fingerprint density at radius 3 is 2.69 bits per heavy atom. The number of hydrogen-bond donors (Lipinski definition) is 1. The number of rotatable bonds is 4. The summed E-state index contributed by atoms with van der Waals surface area (Å²) in [5.41, 5.74) is 1.57. The monoisotopic (exact) mass is 376 g/mol. The van der Waals surface area contributed by atoms with Gasteiger partial charge in [0, 0.05) is 37.9 Å². The summed E-state index contributed by atoms with van der Waals surface area (Å²) < 4.78 is 14.9. The maximum atomic E-state index is 13.5. The average molecular weight is 377 g/mol. The third-order valence-corrected chi connectivity index (χ3v) is 4.07. The standard InChI is InChI=1S/C17H18ClFN4O.C2H4/c18-5-1-2-8-23-16(12-22-9-6-20-7-10-22)21-15-4-3-13(19)11-14(15)17(23)24;1-2/h1-5,8,11,20H,6-7,9-10,12H2;1-2H2/b5-1+,8-2+;. The number of piperazine rings is 1. The minimum absolute atomic E-state index is 0.263. The molecular formula is C19H22ClFN4O. The molecule has 0 atom stereocenters. The van der Waals surface area contributed by atoms with Crippen LogP contribution in [-0.2, 0) is 6.54 Å². The van der Waals surface area contributed by atoms with Gasteiger partial charge in [-0.1, -0.05) is 11.6 Å². The van der Waals surface area contributed by atoms with Gasteiger partial charge >= 0.3 is 0 Å². The van der Waals surface area contributed by atoms with Crippen LogP contribution in [-0.4, -0.2) is 40.6 Å². The van der Waals surface area contributed by atoms with E-state index in [4.69, 9.17) is 11.6 Å². The molecule has 0 amide bonds. The minimum Gasteiger partial charge on any atom is -0.314 e. The topological polar surface area (TPSA) is 50.2 Å². The first-order valence-corrected chi connectivity index (χ1v) is 8.70. The van der Waals surface area contributed by atoms with Crippen molar-refractivity contribution in [3.05, 3.63) is 71.0 Å². The first kappa shape index (κ1) is 20.0. The van der Waals surface area contributed by atoms with E-state index in [1.165, 1.54) is 22.2 Å². The molecule has 0 radical (unpaired) electrons. The van der Waals surface area contributed by atoms with E-state index in [2.05, 4.69) is 28.4 Å². The molecule has 26 heavy (non-hydrogen) atoms. The lowest BCUT2D eigenvalue weighted by atomic mass is 10.2. The van der Waals surface area contributed by atoms with E-state index in [1.54, 1.807) is 24.4 Å². The van der Waals surface area contributed by atoms with Crippen LogP contribution in [0.5, 0.6) is 0 Å². The maximum absolute atomic E-state index is 13.5. The summed E-state index contributed by atoms with van der Waals surface area (Å²) in [5.74, 6) is 0.174. The Morgan fingerprint density at radius 2 is 2.00 bits per heavy atom. The fraction of sp³-hybridized carbons (Fsp3) is 0.263. The van der Waals surface area contributed by atoms with Crippen LogP contribution in [0, 0.1) is 5.82 Å². The number of hydrogen-bond acceptors (Lipinski definition) is 4. The highest BCUT2D eigenvalue weighted by Gasteiger charge is 2.15. The Labute approximate surface area is 157 Å². The van der Waals surface area contributed by atoms with Gasteiger partial charge in [-0.2, -0.15) is 0 Å². The third-order valence-electron chi connectivity index (χ3n) is 3.93. The summed E-state index contributed by atoms with van der Waals surface area (Å²) in [5, 5.41) is 3.56. The van der Waals surface area contributed by atoms with E-state index in [0.717, 1.165) is 26.2 Å². The molecular weight excluding hydrogens is 355 g/mol. The van der Waals surface area contributed by atoms with Gasteiger partial charge in [0.05, 0.1) is 17.4 Å². The van der Waals surface area contributed by atoms with Gasteiger partial charge in [0.2, 0.25) is 0 Å². The first-order chi connectivity index (χ1) is 12.7. The van der Waals surface area contributed by atoms with Crippen molar-refractivity contribution in [1.29, 1.82) is 0 Å². The van der Waals surface area contributed by atoms with E-state index in [9.17, 15) is 9.18 Å². The van der Waals surface area contributed by atoms with Crippen molar-refractivity contribution < 1.29 is 4.39 Å². The van der Waals surface area contributed by atoms with Gasteiger partial charge in [0.15, 0.2) is 0 Å². The van der Waals surface area contributed by atoms with Gasteiger partial charge in [0.25, 0.3) is 5.56 Å². The van der Waals surface area contributed by atoms with E-state index in [1.807, 2.05) is 0 Å². The molecule has 1 aromatic carbocycles. The van der Waals surface area contributed by atoms with Crippen molar-refractivity contribution in [3.8, 4) is 0 Å². The van der Waals surface area contributed by atoms with Crippen LogP contribution < -0.4 is 10.9 Å². The summed E-state index contributed by atoms with van der Waals surface area (Å²) in [6, 6.07) is 4.08. The van der Waals surface area contributed by atoms with E-state index in [-0.39, 0.29) is 10.9 Å². The quantitative estimate of drug-likeness (QED) is 0.658. The number of nitrogens with zero attached hydrogens (tertiary/aromatic N) is 3. The van der Waals surface area contributed by atoms with Crippen LogP contribution >= 0.6 is 11.6 Å². The Morgan fingerprint density at radius 1 is 1.27 bits per heavy atom. The highest BCUT2D eigenvalue weighted by Crippen LogP contribution is 2.12. The molecule has 2 heterocycles. The van der Waals surface area contributed by atoms with Gasteiger partial charge < -0.3 is 5.32 Å². The lowest BCUT2D eigenvalue weighted by Crippen LogP contribution is -2.43. The number of allylic oxidation sites excluding steroid dienone is 2. The molecule has 0 bridgehead atoms. The van der Waals surface area contributed by atoms with Crippen LogP contribution in [0.4, 0.5) is 4.39 Å². The predicted octanol–water partition coefficient (Wildman–Crippen LogP) is 2.97. The number of halogens is 2. The zero-order valence-electron chi connectivity index (χ0n) is 14.5. The van der Waals surface area contributed by atoms with Gasteiger partial charge in [-0.25, -0.2) is 9.37 Å². The van der Waals surface area contributed by atoms with Crippen LogP contribution in [0.25, 0.3) is 17.1 Å². The highest BCUT2D eigenvalue weighted by molar-refractivity contribution is 6.25. The molecule has 1 aromatic heterocycles. The zero-order chi connectivity index (χ0) is 18.9. The number of benzene rings is 1. The Bertz CT molecular complexity index is 856. The number of nitrogens with one attached hydrogen (secondary N) is 1. The van der Waals surface area contributed by atoms with Crippen LogP contribution in [0.3, 0.4) is 0 Å². The smallest absolute Gasteiger partial charge is 0.265 e. The van der Waals surface area contributed by atoms with Crippen molar-refractivity contribution in [2.45, 2.75) is 6.54 Å². The van der Waals surface area contributed by atoms with Crippen LogP contribution in [0.2, 0.25) is 0 Å². The van der Waals surface area contributed by atoms with E-state index >= 15 is 0 Å². The molecule has 0 unspecified atom stereocenters. The average Bonchev–Trinajstić information content (AvgIpc) is 2.67. The number of aromatic nitrogens is 2. The Kier molecular flexibility index (Phi) is 7.72. The molecule has 2 aromatic rings. The third kappa shape index (κ3) is 4.88. The molecule has 3 rings (SSSR count). The molecule has 0 saturated carbocycles. The lowest BCUT2D eigenvalue weighted by molar-refractivity contribution is 0.226. The molecule has 1 fully saturated rings. The molecule has 1 aliphatic heterocycles. The lowest BCUT2D eigenvalue weighted by Gasteiger charge is -2.27. The fourth-order valence-corrected chi connectivity index (χ4v) is 2.81. The molecule has 138 valence electrons. The van der Waals surface area contributed by atoms with E-state index in [0.29, 0.717) is 17.9 Å². The molecule has 1 N–H and O–H groups in total. The summed E-state index contributed by atoms with van der Waals surface area (Å²) in [7, 11) is 0. The first-order valence-electron chi connectivity index (χ1n) is 8.26. The van der Waals surface area contributed by atoms with E-state index < -0.39 is 5.82 Å². The molecule has 1 saturated heterocycles. The van der Waals surface area contributed by atoms with Crippen molar-refractivity contribution in [2.75, 3.05) is 26.2 Å². The van der Waals surface area contributed by atoms with Crippen molar-refractivity contribution >= 4 is 28.7 Å². The van der Waals surface area contributed by atoms with Crippen LogP contribution in [0.1, 0.15) is 5.82 Å². The Balaban J connectivity index is 0.00000117. The molecule has 0 spiro atoms. The molecule has 5 nitrogen and oxygen atoms in total. The van der Waals surface area contributed by atoms with Crippen molar-refractivity contribution in [2.24, 2.45) is 0 Å². The normalized spacial score (nSPS) is 15.5. The largest absolute Gasteiger partial charge is 0.314 e. The van der Waals surface area contributed by atoms with Crippen LogP contribution in [0.15, 0.2) is 53.8 Å². The predicted molar refractivity (Wildman–Crippen MR) is 106 cm³/mol. The molecule has 7 heteroatoms. The summed E-state index contributed by atoms with van der Waals surface area (Å²) in [6.45, 7) is 10.2. The second-order valence-corrected chi connectivity index (χ2v) is 5.80. The van der Waals surface area contributed by atoms with Crippen molar-refractivity contribution in [1.82, 2.24) is 19.8 Å². The fourth-order valence-electron chi connectivity index (χ4n) is 2.73. The van der Waals surface area contributed by atoms with Crippen molar-refractivity contribution in [3.63, 3.8) is 0 Å². The SMILES string of the molecule is C=C.O=c1c2cc(F)ccc2nc(CN2CCNCC2)n1/C=C/C=C/Cl. The van der Waals surface area contributed by atoms with Gasteiger partial charge in [-0.15, -0.1) is 13.2 Å². The molecule has 0 aliphatic carbocycles. The maximum Gasteiger partial charge on any atom is 0.265 e. The highest BCUT2D eigenvalue weighted by atomic mass is 35.5. The molecule has 1 aliphatic rings. The zero-order valence-corrected chi connectivity index (χ0v) is 15.3. The minimum atomic E-state index is -0.451. The van der Waals surface area contributed by atoms with Gasteiger partial charge in [-0.3, -0.25) is 14.3 Å². The second kappa shape index (κ2) is 10.0. The number of fused-ring (bicyclic) bond motifs is 1. The summed E-state index contributed by atoms with van der Waals surface area (Å²) >= 11 is 5.52. The second-order valence-electron chi connectivity index (χ2n) is 5.55. The Hall–Kier alpha value is -2.28. The summed E-state index contributed by atoms with van der Waals surface area (Å²) in [6.07, 6.45) is 4.87. The summed E-state index contributed by atoms with van der Waals surface area (Å²) in [4.78, 5) is 19.6.